The van der Waals surface area contributed by atoms with Crippen molar-refractivity contribution in [1.82, 2.24) is 15.6 Å². The van der Waals surface area contributed by atoms with Crippen molar-refractivity contribution in [1.29, 1.82) is 5.26 Å². The molecule has 5 nitrogen and oxygen atoms in total. The summed E-state index contributed by atoms with van der Waals surface area (Å²) < 4.78 is 0. The third-order valence-corrected chi connectivity index (χ3v) is 4.84. The van der Waals surface area contributed by atoms with Crippen molar-refractivity contribution < 1.29 is 0 Å². The fourth-order valence-electron chi connectivity index (χ4n) is 3.69. The van der Waals surface area contributed by atoms with Gasteiger partial charge in [-0.15, -0.1) is 0 Å². The van der Waals surface area contributed by atoms with Gasteiger partial charge in [-0.1, -0.05) is 13.0 Å². The van der Waals surface area contributed by atoms with Crippen molar-refractivity contribution in [3.05, 3.63) is 35.7 Å². The van der Waals surface area contributed by atoms with Gasteiger partial charge in [-0.2, -0.15) is 10.4 Å². The Balaban J connectivity index is 1.84. The normalized spacial score (nSPS) is 32.9. The summed E-state index contributed by atoms with van der Waals surface area (Å²) in [5.41, 5.74) is 5.31. The van der Waals surface area contributed by atoms with Gasteiger partial charge in [0.25, 0.3) is 0 Å². The van der Waals surface area contributed by atoms with E-state index in [9.17, 15) is 5.26 Å². The standard InChI is InChI=1S/C17H23N5/c1-14-15(11-18)12-21-20-9-5-16(14)22-10-4-7-17(13-22)6-2-3-8-19-17/h5,9,12,19,21H,1-4,6-8,10,13H2/b15-12-,16-5?,20-9-. The molecular weight excluding hydrogens is 274 g/mol. The van der Waals surface area contributed by atoms with E-state index >= 15 is 0 Å². The van der Waals surface area contributed by atoms with Gasteiger partial charge in [0.05, 0.1) is 5.57 Å². The largest absolute Gasteiger partial charge is 0.369 e. The summed E-state index contributed by atoms with van der Waals surface area (Å²) in [6.07, 6.45) is 11.5. The third-order valence-electron chi connectivity index (χ3n) is 4.84. The highest BCUT2D eigenvalue weighted by atomic mass is 15.3. The van der Waals surface area contributed by atoms with E-state index in [1.165, 1.54) is 32.1 Å². The number of nitrogens with one attached hydrogen (secondary N) is 2. The maximum Gasteiger partial charge on any atom is 0.101 e. The Kier molecular flexibility index (Phi) is 4.30. The molecule has 0 aliphatic carbocycles. The molecule has 3 aliphatic heterocycles. The highest BCUT2D eigenvalue weighted by Crippen LogP contribution is 2.33. The van der Waals surface area contributed by atoms with E-state index < -0.39 is 0 Å². The Bertz CT molecular complexity index is 567. The van der Waals surface area contributed by atoms with Crippen LogP contribution in [0.25, 0.3) is 0 Å². The molecule has 3 rings (SSSR count). The maximum atomic E-state index is 9.31. The van der Waals surface area contributed by atoms with Gasteiger partial charge in [-0.3, -0.25) is 5.43 Å². The highest BCUT2D eigenvalue weighted by Gasteiger charge is 2.37. The molecule has 3 heterocycles. The lowest BCUT2D eigenvalue weighted by molar-refractivity contribution is 0.124. The van der Waals surface area contributed by atoms with Crippen molar-refractivity contribution in [2.75, 3.05) is 19.6 Å². The van der Waals surface area contributed by atoms with E-state index in [-0.39, 0.29) is 5.54 Å². The van der Waals surface area contributed by atoms with Crippen LogP contribution in [0.1, 0.15) is 32.1 Å². The molecule has 1 atom stereocenters. The Morgan fingerprint density at radius 1 is 1.32 bits per heavy atom. The summed E-state index contributed by atoms with van der Waals surface area (Å²) in [4.78, 5) is 2.37. The highest BCUT2D eigenvalue weighted by molar-refractivity contribution is 5.75. The number of hydrogen-bond donors (Lipinski definition) is 2. The van der Waals surface area contributed by atoms with E-state index in [2.05, 4.69) is 33.4 Å². The second-order valence-corrected chi connectivity index (χ2v) is 6.30. The Labute approximate surface area is 132 Å². The van der Waals surface area contributed by atoms with E-state index in [1.54, 1.807) is 12.4 Å². The first-order valence-corrected chi connectivity index (χ1v) is 8.03. The zero-order chi connectivity index (χ0) is 15.4. The Morgan fingerprint density at radius 2 is 2.18 bits per heavy atom. The number of nitrogens with zero attached hydrogens (tertiary/aromatic N) is 3. The SMILES string of the molecule is C=C1C(N2CCCC3(CCCCN3)C2)=C/C=N\N/C=C\1C#N. The van der Waals surface area contributed by atoms with Gasteiger partial charge in [0.15, 0.2) is 0 Å². The molecule has 0 saturated carbocycles. The fourth-order valence-corrected chi connectivity index (χ4v) is 3.69. The third kappa shape index (κ3) is 2.93. The van der Waals surface area contributed by atoms with Crippen LogP contribution in [0, 0.1) is 11.3 Å². The lowest BCUT2D eigenvalue weighted by Crippen LogP contribution is -2.58. The first-order valence-electron chi connectivity index (χ1n) is 8.03. The molecule has 0 aromatic carbocycles. The molecule has 0 bridgehead atoms. The quantitative estimate of drug-likeness (QED) is 0.777. The number of allylic oxidation sites excluding steroid dienone is 2. The van der Waals surface area contributed by atoms with Gasteiger partial charge in [-0.05, 0) is 38.3 Å². The molecule has 1 unspecified atom stereocenters. The molecule has 0 aromatic rings. The monoisotopic (exact) mass is 297 g/mol. The molecule has 2 N–H and O–H groups in total. The van der Waals surface area contributed by atoms with Gasteiger partial charge in [0, 0.05) is 42.3 Å². The minimum Gasteiger partial charge on any atom is -0.369 e. The molecule has 22 heavy (non-hydrogen) atoms. The summed E-state index contributed by atoms with van der Waals surface area (Å²) >= 11 is 0. The van der Waals surface area contributed by atoms with E-state index in [1.807, 2.05) is 6.08 Å². The number of hydrazone groups is 1. The summed E-state index contributed by atoms with van der Waals surface area (Å²) in [6.45, 7) is 7.24. The molecular formula is C17H23N5. The minimum absolute atomic E-state index is 0.228. The molecule has 5 heteroatoms. The van der Waals surface area contributed by atoms with E-state index in [4.69, 9.17) is 0 Å². The molecule has 2 fully saturated rings. The first-order chi connectivity index (χ1) is 10.7. The van der Waals surface area contributed by atoms with Gasteiger partial charge >= 0.3 is 0 Å². The average molecular weight is 297 g/mol. The average Bonchev–Trinajstić information content (AvgIpc) is 2.52. The summed E-state index contributed by atoms with van der Waals surface area (Å²) in [5, 5.41) is 17.1. The van der Waals surface area contributed by atoms with Gasteiger partial charge < -0.3 is 10.2 Å². The Hall–Kier alpha value is -2.06. The van der Waals surface area contributed by atoms with Crippen molar-refractivity contribution >= 4 is 6.21 Å². The number of rotatable bonds is 1. The number of likely N-dealkylation sites (tertiary alicyclic amines) is 1. The second-order valence-electron chi connectivity index (χ2n) is 6.30. The summed E-state index contributed by atoms with van der Waals surface area (Å²) in [7, 11) is 0. The van der Waals surface area contributed by atoms with Crippen LogP contribution in [0.5, 0.6) is 0 Å². The minimum atomic E-state index is 0.228. The number of nitriles is 1. The van der Waals surface area contributed by atoms with Crippen molar-refractivity contribution in [2.45, 2.75) is 37.6 Å². The van der Waals surface area contributed by atoms with E-state index in [0.717, 1.165) is 30.9 Å². The molecule has 0 radical (unpaired) electrons. The molecule has 116 valence electrons. The van der Waals surface area contributed by atoms with Gasteiger partial charge in [0.2, 0.25) is 0 Å². The van der Waals surface area contributed by atoms with E-state index in [0.29, 0.717) is 5.57 Å². The molecule has 0 amide bonds. The second kappa shape index (κ2) is 6.37. The first kappa shape index (κ1) is 14.9. The summed E-state index contributed by atoms with van der Waals surface area (Å²) in [5.74, 6) is 0. The maximum absolute atomic E-state index is 9.31. The van der Waals surface area contributed by atoms with Crippen LogP contribution < -0.4 is 10.7 Å². The van der Waals surface area contributed by atoms with Gasteiger partial charge in [0.1, 0.15) is 6.07 Å². The lowest BCUT2D eigenvalue weighted by atomic mass is 9.81. The van der Waals surface area contributed by atoms with Crippen molar-refractivity contribution in [3.8, 4) is 6.07 Å². The van der Waals surface area contributed by atoms with Crippen LogP contribution >= 0.6 is 0 Å². The zero-order valence-electron chi connectivity index (χ0n) is 12.9. The van der Waals surface area contributed by atoms with Crippen LogP contribution in [0.4, 0.5) is 0 Å². The number of hydrogen-bond acceptors (Lipinski definition) is 5. The summed E-state index contributed by atoms with van der Waals surface area (Å²) in [6, 6.07) is 2.20. The Morgan fingerprint density at radius 3 is 2.95 bits per heavy atom. The molecule has 0 aromatic heterocycles. The lowest BCUT2D eigenvalue weighted by Gasteiger charge is -2.47. The topological polar surface area (TPSA) is 63.4 Å². The zero-order valence-corrected chi connectivity index (χ0v) is 12.9. The predicted molar refractivity (Wildman–Crippen MR) is 87.9 cm³/mol. The van der Waals surface area contributed by atoms with Crippen LogP contribution in [0.3, 0.4) is 0 Å². The van der Waals surface area contributed by atoms with Crippen LogP contribution in [-0.2, 0) is 0 Å². The fraction of sp³-hybridized carbons (Fsp3) is 0.529. The predicted octanol–water partition coefficient (Wildman–Crippen LogP) is 2.03. The molecule has 1 spiro atoms. The van der Waals surface area contributed by atoms with Crippen LogP contribution in [0.2, 0.25) is 0 Å². The smallest absolute Gasteiger partial charge is 0.101 e. The van der Waals surface area contributed by atoms with Crippen molar-refractivity contribution in [2.24, 2.45) is 5.10 Å². The molecule has 3 aliphatic rings. The van der Waals surface area contributed by atoms with Crippen LogP contribution in [-0.4, -0.2) is 36.3 Å². The molecule has 2 saturated heterocycles. The van der Waals surface area contributed by atoms with Crippen LogP contribution in [0.15, 0.2) is 40.8 Å². The van der Waals surface area contributed by atoms with Crippen molar-refractivity contribution in [3.63, 3.8) is 0 Å². The number of piperidine rings is 2. The van der Waals surface area contributed by atoms with Gasteiger partial charge in [-0.25, -0.2) is 0 Å².